The molecule has 1 aromatic heterocycles. The van der Waals surface area contributed by atoms with Crippen LogP contribution in [0.3, 0.4) is 0 Å². The van der Waals surface area contributed by atoms with E-state index < -0.39 is 31.1 Å². The molecule has 30 heavy (non-hydrogen) atoms. The van der Waals surface area contributed by atoms with Crippen molar-refractivity contribution in [1.29, 1.82) is 0 Å². The zero-order valence-corrected chi connectivity index (χ0v) is 17.3. The zero-order chi connectivity index (χ0) is 22.7. The van der Waals surface area contributed by atoms with Gasteiger partial charge in [0.2, 0.25) is 0 Å². The number of benzene rings is 2. The van der Waals surface area contributed by atoms with Gasteiger partial charge in [0.05, 0.1) is 0 Å². The van der Waals surface area contributed by atoms with E-state index in [1.54, 1.807) is 0 Å². The second-order valence-electron chi connectivity index (χ2n) is 8.21. The summed E-state index contributed by atoms with van der Waals surface area (Å²) >= 11 is 0. The van der Waals surface area contributed by atoms with E-state index in [2.05, 4.69) is 15.1 Å². The van der Waals surface area contributed by atoms with Crippen LogP contribution in [0, 0.1) is 11.6 Å². The molecule has 1 saturated heterocycles. The van der Waals surface area contributed by atoms with Crippen LogP contribution >= 0.6 is 7.49 Å². The van der Waals surface area contributed by atoms with Crippen molar-refractivity contribution >= 4 is 23.6 Å². The fourth-order valence-electron chi connectivity index (χ4n) is 4.30. The summed E-state index contributed by atoms with van der Waals surface area (Å²) in [6.45, 7) is 1.45. The Kier molecular flexibility index (Phi) is 4.36. The Morgan fingerprint density at radius 2 is 1.93 bits per heavy atom. The van der Waals surface area contributed by atoms with Gasteiger partial charge in [0.1, 0.15) is 0 Å². The third kappa shape index (κ3) is 3.66. The zero-order valence-electron chi connectivity index (χ0n) is 18.3. The third-order valence-electron chi connectivity index (χ3n) is 6.17. The Bertz CT molecular complexity index is 1260. The topological polar surface area (TPSA) is 69.2 Å². The second kappa shape index (κ2) is 7.49. The molecule has 3 aromatic rings. The van der Waals surface area contributed by atoms with Gasteiger partial charge in [0.25, 0.3) is 0 Å². The summed E-state index contributed by atoms with van der Waals surface area (Å²) < 4.78 is 46.0. The van der Waals surface area contributed by atoms with E-state index in [9.17, 15) is 18.5 Å². The second-order valence-corrected chi connectivity index (χ2v) is 11.8. The Morgan fingerprint density at radius 1 is 1.17 bits per heavy atom. The molecule has 2 aliphatic rings. The maximum atomic E-state index is 14.8. The first-order valence-electron chi connectivity index (χ1n) is 11.1. The summed E-state index contributed by atoms with van der Waals surface area (Å²) in [5, 5.41) is 6.52. The number of aromatic nitrogens is 2. The van der Waals surface area contributed by atoms with Gasteiger partial charge >= 0.3 is 175 Å². The van der Waals surface area contributed by atoms with E-state index in [-0.39, 0.29) is 27.3 Å². The van der Waals surface area contributed by atoms with Crippen LogP contribution in [0.1, 0.15) is 26.8 Å². The van der Waals surface area contributed by atoms with Crippen LogP contribution in [0.15, 0.2) is 41.2 Å². The SMILES string of the molecule is [2H]C([2H])(c1ccc(F)c([PH]2(O)CCN(C3CC3)CC2)c1)c1n[nH]c(=O)c2cc(F)ccc12. The monoisotopic (exact) mass is 433 g/mol. The molecule has 2 N–H and O–H groups in total. The molecule has 5 nitrogen and oxygen atoms in total. The van der Waals surface area contributed by atoms with E-state index in [0.717, 1.165) is 25.2 Å². The summed E-state index contributed by atoms with van der Waals surface area (Å²) in [7, 11) is -3.11. The molecule has 1 aliphatic carbocycles. The summed E-state index contributed by atoms with van der Waals surface area (Å²) in [6.07, 6.45) is 1.16. The predicted molar refractivity (Wildman–Crippen MR) is 116 cm³/mol. The number of H-pyrrole nitrogens is 1. The standard InChI is InChI=1S/C22H24F2N3O2P/c23-15-2-5-17-18(13-15)22(28)26-25-20(17)11-14-1-6-19(24)21(12-14)30(29)9-7-27(8-10-30)16-3-4-16/h1-2,5-6,12-13,16,29-30H,3-4,7-11H2,(H,26,28)/i11D2. The number of rotatable bonds is 4. The number of hydrogen-bond donors (Lipinski definition) is 2. The minimum absolute atomic E-state index is 0.0124. The van der Waals surface area contributed by atoms with Crippen LogP contribution in [-0.2, 0) is 6.37 Å². The first-order chi connectivity index (χ1) is 15.2. The number of halogens is 2. The van der Waals surface area contributed by atoms with Crippen molar-refractivity contribution in [1.82, 2.24) is 15.1 Å². The number of hydrogen-bond acceptors (Lipinski definition) is 4. The van der Waals surface area contributed by atoms with Crippen molar-refractivity contribution in [2.45, 2.75) is 25.3 Å². The molecule has 0 amide bonds. The van der Waals surface area contributed by atoms with E-state index in [4.69, 9.17) is 2.74 Å². The van der Waals surface area contributed by atoms with E-state index in [1.165, 1.54) is 37.1 Å². The molecule has 0 unspecified atom stereocenters. The summed E-state index contributed by atoms with van der Waals surface area (Å²) in [4.78, 5) is 25.8. The normalized spacial score (nSPS) is 21.8. The van der Waals surface area contributed by atoms with Gasteiger partial charge in [0.15, 0.2) is 0 Å². The van der Waals surface area contributed by atoms with Crippen molar-refractivity contribution in [3.8, 4) is 0 Å². The van der Waals surface area contributed by atoms with Gasteiger partial charge in [-0.05, 0) is 0 Å². The van der Waals surface area contributed by atoms with Crippen LogP contribution in [0.2, 0.25) is 0 Å². The quantitative estimate of drug-likeness (QED) is 0.621. The molecule has 158 valence electrons. The molecule has 0 bridgehead atoms. The van der Waals surface area contributed by atoms with Gasteiger partial charge in [-0.25, -0.2) is 0 Å². The van der Waals surface area contributed by atoms with Gasteiger partial charge in [0, 0.05) is 0 Å². The molecule has 8 heteroatoms. The van der Waals surface area contributed by atoms with Gasteiger partial charge in [-0.1, -0.05) is 0 Å². The van der Waals surface area contributed by atoms with Crippen LogP contribution in [0.5, 0.6) is 0 Å². The molecule has 0 atom stereocenters. The van der Waals surface area contributed by atoms with Crippen LogP contribution in [-0.4, -0.2) is 51.4 Å². The fraction of sp³-hybridized carbons (Fsp3) is 0.364. The van der Waals surface area contributed by atoms with Crippen LogP contribution < -0.4 is 10.9 Å². The summed E-state index contributed by atoms with van der Waals surface area (Å²) in [5.41, 5.74) is -0.588. The van der Waals surface area contributed by atoms with Gasteiger partial charge in [-0.15, -0.1) is 0 Å². The Labute approximate surface area is 176 Å². The molecule has 5 rings (SSSR count). The van der Waals surface area contributed by atoms with Crippen molar-refractivity contribution in [2.75, 3.05) is 25.4 Å². The van der Waals surface area contributed by atoms with E-state index >= 15 is 0 Å². The number of fused-ring (bicyclic) bond motifs is 1. The number of nitrogens with zero attached hydrogens (tertiary/aromatic N) is 2. The average Bonchev–Trinajstić information content (AvgIpc) is 3.60. The van der Waals surface area contributed by atoms with Crippen molar-refractivity contribution < 1.29 is 16.4 Å². The number of aromatic amines is 1. The van der Waals surface area contributed by atoms with Crippen LogP contribution in [0.4, 0.5) is 8.78 Å². The molecule has 1 saturated carbocycles. The Morgan fingerprint density at radius 3 is 2.67 bits per heavy atom. The van der Waals surface area contributed by atoms with E-state index in [0.29, 0.717) is 18.4 Å². The minimum atomic E-state index is -3.11. The molecule has 2 heterocycles. The molecule has 0 spiro atoms. The Balaban J connectivity index is 1.55. The molecular formula is C22H24F2N3O2P. The average molecular weight is 433 g/mol. The van der Waals surface area contributed by atoms with Gasteiger partial charge < -0.3 is 0 Å². The summed E-state index contributed by atoms with van der Waals surface area (Å²) in [6, 6.07) is 8.02. The van der Waals surface area contributed by atoms with Gasteiger partial charge in [-0.3, -0.25) is 0 Å². The van der Waals surface area contributed by atoms with E-state index in [1.807, 2.05) is 0 Å². The van der Waals surface area contributed by atoms with Gasteiger partial charge in [-0.2, -0.15) is 0 Å². The third-order valence-corrected chi connectivity index (χ3v) is 9.66. The first-order valence-corrected chi connectivity index (χ1v) is 12.5. The Hall–Kier alpha value is -2.21. The molecule has 0 radical (unpaired) electrons. The molecule has 2 aromatic carbocycles. The van der Waals surface area contributed by atoms with Crippen molar-refractivity contribution in [2.24, 2.45) is 0 Å². The fourth-order valence-corrected chi connectivity index (χ4v) is 7.35. The first kappa shape index (κ1) is 17.5. The molecular weight excluding hydrogens is 407 g/mol. The number of nitrogens with one attached hydrogen (secondary N) is 1. The summed E-state index contributed by atoms with van der Waals surface area (Å²) in [5.74, 6) is -1.14. The maximum absolute atomic E-state index is 14.8. The molecule has 2 fully saturated rings. The predicted octanol–water partition coefficient (Wildman–Crippen LogP) is 2.55. The van der Waals surface area contributed by atoms with Crippen LogP contribution in [0.25, 0.3) is 10.8 Å². The molecule has 1 aliphatic heterocycles. The van der Waals surface area contributed by atoms with Crippen molar-refractivity contribution in [3.05, 3.63) is 69.6 Å². The van der Waals surface area contributed by atoms with Crippen molar-refractivity contribution in [3.63, 3.8) is 0 Å².